The van der Waals surface area contributed by atoms with Crippen molar-refractivity contribution in [1.82, 2.24) is 9.55 Å². The highest BCUT2D eigenvalue weighted by atomic mass is 35.5. The Kier molecular flexibility index (Phi) is 5.33. The van der Waals surface area contributed by atoms with Gasteiger partial charge in [-0.3, -0.25) is 14.3 Å². The summed E-state index contributed by atoms with van der Waals surface area (Å²) < 4.78 is 1.23. The second-order valence-electron chi connectivity index (χ2n) is 4.12. The average Bonchev–Trinajstić information content (AvgIpc) is 2.21. The summed E-state index contributed by atoms with van der Waals surface area (Å²) in [6.45, 7) is 4.20. The lowest BCUT2D eigenvalue weighted by atomic mass is 10.1. The number of rotatable bonds is 5. The van der Waals surface area contributed by atoms with Crippen LogP contribution in [0.25, 0.3) is 0 Å². The Labute approximate surface area is 109 Å². The van der Waals surface area contributed by atoms with Crippen LogP contribution in [0.1, 0.15) is 31.7 Å². The van der Waals surface area contributed by atoms with Gasteiger partial charge in [0.15, 0.2) is 0 Å². The summed E-state index contributed by atoms with van der Waals surface area (Å²) in [6.07, 6.45) is 2.79. The lowest BCUT2D eigenvalue weighted by Gasteiger charge is -2.10. The van der Waals surface area contributed by atoms with E-state index in [1.807, 2.05) is 20.1 Å². The maximum atomic E-state index is 12.1. The first kappa shape index (κ1) is 14.4. The summed E-state index contributed by atoms with van der Waals surface area (Å²) >= 11 is 7.58. The Balaban J connectivity index is 3.17. The Hall–Kier alpha value is -0.680. The minimum absolute atomic E-state index is 0.00125. The van der Waals surface area contributed by atoms with Crippen molar-refractivity contribution in [1.29, 1.82) is 0 Å². The lowest BCUT2D eigenvalue weighted by molar-refractivity contribution is 0.604. The number of aromatic nitrogens is 2. The number of aromatic amines is 1. The van der Waals surface area contributed by atoms with Gasteiger partial charge in [-0.15, -0.1) is 0 Å². The summed E-state index contributed by atoms with van der Waals surface area (Å²) in [5.41, 5.74) is -0.212. The van der Waals surface area contributed by atoms with E-state index in [4.69, 9.17) is 11.6 Å². The van der Waals surface area contributed by atoms with Gasteiger partial charge in [-0.2, -0.15) is 11.8 Å². The van der Waals surface area contributed by atoms with Crippen LogP contribution in [0, 0.1) is 0 Å². The number of halogens is 1. The zero-order valence-electron chi connectivity index (χ0n) is 10.2. The van der Waals surface area contributed by atoms with Crippen LogP contribution >= 0.6 is 23.4 Å². The van der Waals surface area contributed by atoms with Gasteiger partial charge in [-0.05, 0) is 24.3 Å². The van der Waals surface area contributed by atoms with E-state index < -0.39 is 5.69 Å². The van der Waals surface area contributed by atoms with Crippen molar-refractivity contribution < 1.29 is 0 Å². The second kappa shape index (κ2) is 6.31. The van der Waals surface area contributed by atoms with Gasteiger partial charge in [0.25, 0.3) is 5.56 Å². The molecule has 0 atom stereocenters. The van der Waals surface area contributed by atoms with Crippen LogP contribution in [0.15, 0.2) is 9.59 Å². The van der Waals surface area contributed by atoms with E-state index in [1.165, 1.54) is 4.57 Å². The first-order chi connectivity index (χ1) is 7.99. The zero-order valence-corrected chi connectivity index (χ0v) is 11.8. The number of nitrogens with one attached hydrogen (secondary N) is 1. The van der Waals surface area contributed by atoms with Crippen LogP contribution in [0.2, 0.25) is 5.15 Å². The Morgan fingerprint density at radius 3 is 2.59 bits per heavy atom. The summed E-state index contributed by atoms with van der Waals surface area (Å²) in [4.78, 5) is 26.3. The molecule has 0 aliphatic heterocycles. The normalized spacial score (nSPS) is 11.1. The highest BCUT2D eigenvalue weighted by Gasteiger charge is 2.15. The van der Waals surface area contributed by atoms with Crippen LogP contribution in [0.5, 0.6) is 0 Å². The lowest BCUT2D eigenvalue weighted by Crippen LogP contribution is -2.38. The summed E-state index contributed by atoms with van der Waals surface area (Å²) in [5, 5.41) is 0.163. The molecule has 17 heavy (non-hydrogen) atoms. The number of hydrogen-bond acceptors (Lipinski definition) is 3. The van der Waals surface area contributed by atoms with Crippen molar-refractivity contribution in [2.75, 3.05) is 12.0 Å². The fraction of sp³-hybridized carbons (Fsp3) is 0.636. The van der Waals surface area contributed by atoms with Crippen LogP contribution in [-0.4, -0.2) is 21.6 Å². The fourth-order valence-electron chi connectivity index (χ4n) is 1.63. The Morgan fingerprint density at radius 2 is 2.06 bits per heavy atom. The SMILES string of the molecule is CSCCCn1c(=O)[nH]c(Cl)c(C(C)C)c1=O. The van der Waals surface area contributed by atoms with Crippen molar-refractivity contribution >= 4 is 23.4 Å². The Bertz CT molecular complexity index is 493. The molecule has 0 saturated carbocycles. The molecule has 1 rings (SSSR count). The molecule has 0 unspecified atom stereocenters. The van der Waals surface area contributed by atoms with Crippen LogP contribution < -0.4 is 11.2 Å². The van der Waals surface area contributed by atoms with Crippen molar-refractivity contribution in [3.63, 3.8) is 0 Å². The van der Waals surface area contributed by atoms with E-state index in [-0.39, 0.29) is 16.6 Å². The molecule has 1 aromatic heterocycles. The average molecular weight is 277 g/mol. The monoisotopic (exact) mass is 276 g/mol. The maximum Gasteiger partial charge on any atom is 0.329 e. The number of nitrogens with zero attached hydrogens (tertiary/aromatic N) is 1. The fourth-order valence-corrected chi connectivity index (χ4v) is 2.43. The number of thioether (sulfide) groups is 1. The molecule has 0 spiro atoms. The number of hydrogen-bond donors (Lipinski definition) is 1. The molecule has 1 N–H and O–H groups in total. The minimum Gasteiger partial charge on any atom is -0.297 e. The predicted octanol–water partition coefficient (Wildman–Crippen LogP) is 2.07. The predicted molar refractivity (Wildman–Crippen MR) is 73.4 cm³/mol. The molecule has 0 saturated heterocycles. The van der Waals surface area contributed by atoms with Crippen LogP contribution in [0.4, 0.5) is 0 Å². The van der Waals surface area contributed by atoms with Gasteiger partial charge in [-0.1, -0.05) is 25.4 Å². The van der Waals surface area contributed by atoms with E-state index in [0.717, 1.165) is 12.2 Å². The van der Waals surface area contributed by atoms with Gasteiger partial charge in [0, 0.05) is 6.54 Å². The highest BCUT2D eigenvalue weighted by molar-refractivity contribution is 7.98. The minimum atomic E-state index is -0.425. The van der Waals surface area contributed by atoms with E-state index in [9.17, 15) is 9.59 Å². The molecule has 96 valence electrons. The third-order valence-corrected chi connectivity index (χ3v) is 3.48. The molecular weight excluding hydrogens is 260 g/mol. The number of H-pyrrole nitrogens is 1. The van der Waals surface area contributed by atoms with Crippen molar-refractivity contribution in [3.05, 3.63) is 31.6 Å². The van der Waals surface area contributed by atoms with E-state index in [0.29, 0.717) is 12.1 Å². The van der Waals surface area contributed by atoms with Crippen molar-refractivity contribution in [2.24, 2.45) is 0 Å². The maximum absolute atomic E-state index is 12.1. The van der Waals surface area contributed by atoms with Gasteiger partial charge in [0.2, 0.25) is 0 Å². The van der Waals surface area contributed by atoms with Gasteiger partial charge in [-0.25, -0.2) is 4.79 Å². The quantitative estimate of drug-likeness (QED) is 0.662. The van der Waals surface area contributed by atoms with Crippen molar-refractivity contribution in [2.45, 2.75) is 32.7 Å². The third-order valence-electron chi connectivity index (χ3n) is 2.48. The van der Waals surface area contributed by atoms with Gasteiger partial charge in [0.1, 0.15) is 5.15 Å². The summed E-state index contributed by atoms with van der Waals surface area (Å²) in [5.74, 6) is 0.921. The molecule has 0 radical (unpaired) electrons. The molecule has 0 bridgehead atoms. The molecule has 6 heteroatoms. The van der Waals surface area contributed by atoms with Gasteiger partial charge in [0.05, 0.1) is 5.56 Å². The summed E-state index contributed by atoms with van der Waals surface area (Å²) in [6, 6.07) is 0. The van der Waals surface area contributed by atoms with E-state index in [2.05, 4.69) is 4.98 Å². The largest absolute Gasteiger partial charge is 0.329 e. The highest BCUT2D eigenvalue weighted by Crippen LogP contribution is 2.16. The zero-order chi connectivity index (χ0) is 13.0. The van der Waals surface area contributed by atoms with E-state index >= 15 is 0 Å². The second-order valence-corrected chi connectivity index (χ2v) is 5.48. The molecule has 1 heterocycles. The molecular formula is C11H17ClN2O2S. The molecule has 0 fully saturated rings. The first-order valence-corrected chi connectivity index (χ1v) is 7.27. The topological polar surface area (TPSA) is 54.9 Å². The van der Waals surface area contributed by atoms with Gasteiger partial charge >= 0.3 is 5.69 Å². The van der Waals surface area contributed by atoms with Crippen molar-refractivity contribution in [3.8, 4) is 0 Å². The van der Waals surface area contributed by atoms with Crippen LogP contribution in [0.3, 0.4) is 0 Å². The van der Waals surface area contributed by atoms with E-state index in [1.54, 1.807) is 11.8 Å². The molecule has 1 aromatic rings. The molecule has 0 aliphatic carbocycles. The summed E-state index contributed by atoms with van der Waals surface area (Å²) in [7, 11) is 0. The molecule has 4 nitrogen and oxygen atoms in total. The Morgan fingerprint density at radius 1 is 1.41 bits per heavy atom. The molecule has 0 aromatic carbocycles. The van der Waals surface area contributed by atoms with Crippen LogP contribution in [-0.2, 0) is 6.54 Å². The molecule has 0 amide bonds. The first-order valence-electron chi connectivity index (χ1n) is 5.50. The standard InChI is InChI=1S/C11H17ClN2O2S/c1-7(2)8-9(12)13-11(16)14(10(8)15)5-4-6-17-3/h7H,4-6H2,1-3H3,(H,13,16). The smallest absolute Gasteiger partial charge is 0.297 e. The molecule has 0 aliphatic rings. The van der Waals surface area contributed by atoms with Gasteiger partial charge < -0.3 is 0 Å². The third kappa shape index (κ3) is 3.39.